The van der Waals surface area contributed by atoms with Crippen LogP contribution in [-0.4, -0.2) is 12.2 Å². The van der Waals surface area contributed by atoms with E-state index >= 15 is 0 Å². The number of amides is 1. The number of ether oxygens (including phenoxy) is 1. The van der Waals surface area contributed by atoms with Gasteiger partial charge in [-0.05, 0) is 30.0 Å². The first kappa shape index (κ1) is 14.5. The van der Waals surface area contributed by atoms with E-state index in [1.165, 1.54) is 6.92 Å². The summed E-state index contributed by atoms with van der Waals surface area (Å²) < 4.78 is 5.87. The molecule has 3 nitrogen and oxygen atoms in total. The quantitative estimate of drug-likeness (QED) is 0.891. The van der Waals surface area contributed by atoms with Crippen molar-refractivity contribution in [2.75, 3.05) is 11.6 Å². The van der Waals surface area contributed by atoms with Gasteiger partial charge in [0.1, 0.15) is 5.75 Å². The van der Waals surface area contributed by atoms with Gasteiger partial charge in [-0.3, -0.25) is 4.79 Å². The molecule has 1 amide bonds. The van der Waals surface area contributed by atoms with Crippen molar-refractivity contribution in [3.8, 4) is 11.5 Å². The SMILES string of the molecule is CSCc1cccc(Oc2ccccc2)c1NC(C)=O. The summed E-state index contributed by atoms with van der Waals surface area (Å²) in [5.74, 6) is 2.14. The van der Waals surface area contributed by atoms with Crippen LogP contribution in [0.3, 0.4) is 0 Å². The summed E-state index contributed by atoms with van der Waals surface area (Å²) in [5.41, 5.74) is 1.80. The second kappa shape index (κ2) is 7.01. The molecule has 0 aromatic heterocycles. The zero-order chi connectivity index (χ0) is 14.4. The number of rotatable bonds is 5. The van der Waals surface area contributed by atoms with Gasteiger partial charge >= 0.3 is 0 Å². The minimum Gasteiger partial charge on any atom is -0.455 e. The molecule has 0 bridgehead atoms. The molecule has 2 aromatic rings. The molecule has 1 N–H and O–H groups in total. The first-order valence-electron chi connectivity index (χ1n) is 6.32. The average molecular weight is 287 g/mol. The lowest BCUT2D eigenvalue weighted by atomic mass is 10.2. The molecule has 2 rings (SSSR count). The van der Waals surface area contributed by atoms with Gasteiger partial charge in [0.15, 0.2) is 5.75 Å². The first-order valence-corrected chi connectivity index (χ1v) is 7.71. The Morgan fingerprint density at radius 1 is 1.15 bits per heavy atom. The Labute approximate surface area is 123 Å². The van der Waals surface area contributed by atoms with Crippen LogP contribution >= 0.6 is 11.8 Å². The van der Waals surface area contributed by atoms with Crippen LogP contribution < -0.4 is 10.1 Å². The normalized spacial score (nSPS) is 10.1. The van der Waals surface area contributed by atoms with Crippen molar-refractivity contribution < 1.29 is 9.53 Å². The van der Waals surface area contributed by atoms with Gasteiger partial charge in [0.2, 0.25) is 5.91 Å². The molecule has 2 aromatic carbocycles. The van der Waals surface area contributed by atoms with Crippen LogP contribution in [0.2, 0.25) is 0 Å². The highest BCUT2D eigenvalue weighted by Gasteiger charge is 2.11. The number of anilines is 1. The highest BCUT2D eigenvalue weighted by Crippen LogP contribution is 2.34. The van der Waals surface area contributed by atoms with Gasteiger partial charge in [-0.15, -0.1) is 0 Å². The average Bonchev–Trinajstić information content (AvgIpc) is 2.43. The van der Waals surface area contributed by atoms with Crippen LogP contribution in [0.1, 0.15) is 12.5 Å². The van der Waals surface area contributed by atoms with Crippen LogP contribution in [0.5, 0.6) is 11.5 Å². The van der Waals surface area contributed by atoms with E-state index in [4.69, 9.17) is 4.74 Å². The summed E-state index contributed by atoms with van der Waals surface area (Å²) in [7, 11) is 0. The molecule has 104 valence electrons. The lowest BCUT2D eigenvalue weighted by Gasteiger charge is -2.15. The Kier molecular flexibility index (Phi) is 5.07. The standard InChI is InChI=1S/C16H17NO2S/c1-12(18)17-16-13(11-20-2)7-6-10-15(16)19-14-8-4-3-5-9-14/h3-10H,11H2,1-2H3,(H,17,18). The molecular formula is C16H17NO2S. The van der Waals surface area contributed by atoms with Gasteiger partial charge in [0.05, 0.1) is 5.69 Å². The van der Waals surface area contributed by atoms with Crippen LogP contribution in [0.25, 0.3) is 0 Å². The van der Waals surface area contributed by atoms with Gasteiger partial charge in [0.25, 0.3) is 0 Å². The van der Waals surface area contributed by atoms with Crippen molar-refractivity contribution in [1.29, 1.82) is 0 Å². The summed E-state index contributed by atoms with van der Waals surface area (Å²) >= 11 is 1.70. The van der Waals surface area contributed by atoms with E-state index in [2.05, 4.69) is 5.32 Å². The largest absolute Gasteiger partial charge is 0.455 e. The third-order valence-electron chi connectivity index (χ3n) is 2.68. The molecule has 0 radical (unpaired) electrons. The summed E-state index contributed by atoms with van der Waals surface area (Å²) in [4.78, 5) is 11.4. The van der Waals surface area contributed by atoms with Crippen LogP contribution in [0.15, 0.2) is 48.5 Å². The number of hydrogen-bond acceptors (Lipinski definition) is 3. The molecule has 0 fully saturated rings. The van der Waals surface area contributed by atoms with Crippen molar-refractivity contribution in [2.24, 2.45) is 0 Å². The van der Waals surface area contributed by atoms with E-state index < -0.39 is 0 Å². The first-order chi connectivity index (χ1) is 9.70. The molecule has 0 saturated heterocycles. The van der Waals surface area contributed by atoms with Crippen LogP contribution in [0.4, 0.5) is 5.69 Å². The topological polar surface area (TPSA) is 38.3 Å². The maximum absolute atomic E-state index is 11.4. The number of hydrogen-bond donors (Lipinski definition) is 1. The van der Waals surface area contributed by atoms with Gasteiger partial charge in [-0.25, -0.2) is 0 Å². The highest BCUT2D eigenvalue weighted by atomic mass is 32.2. The molecule has 0 aliphatic carbocycles. The van der Waals surface area contributed by atoms with E-state index in [0.717, 1.165) is 22.8 Å². The lowest BCUT2D eigenvalue weighted by Crippen LogP contribution is -2.09. The molecule has 4 heteroatoms. The fourth-order valence-electron chi connectivity index (χ4n) is 1.87. The van der Waals surface area contributed by atoms with E-state index in [1.807, 2.05) is 54.8 Å². The van der Waals surface area contributed by atoms with Gasteiger partial charge in [-0.2, -0.15) is 11.8 Å². The van der Waals surface area contributed by atoms with Gasteiger partial charge in [-0.1, -0.05) is 30.3 Å². The Morgan fingerprint density at radius 3 is 2.55 bits per heavy atom. The van der Waals surface area contributed by atoms with Gasteiger partial charge < -0.3 is 10.1 Å². The number of carbonyl (C=O) groups is 1. The van der Waals surface area contributed by atoms with Crippen LogP contribution in [0, 0.1) is 0 Å². The lowest BCUT2D eigenvalue weighted by molar-refractivity contribution is -0.114. The number of nitrogens with one attached hydrogen (secondary N) is 1. The molecule has 0 heterocycles. The number of thioether (sulfide) groups is 1. The third kappa shape index (κ3) is 3.78. The van der Waals surface area contributed by atoms with Crippen LogP contribution in [-0.2, 0) is 10.5 Å². The molecule has 0 saturated carbocycles. The fourth-order valence-corrected chi connectivity index (χ4v) is 2.42. The smallest absolute Gasteiger partial charge is 0.221 e. The van der Waals surface area contributed by atoms with Gasteiger partial charge in [0, 0.05) is 12.7 Å². The second-order valence-electron chi connectivity index (χ2n) is 4.32. The van der Waals surface area contributed by atoms with Crippen molar-refractivity contribution in [1.82, 2.24) is 0 Å². The number of carbonyl (C=O) groups excluding carboxylic acids is 1. The molecule has 0 aliphatic heterocycles. The minimum atomic E-state index is -0.100. The van der Waals surface area contributed by atoms with Crippen molar-refractivity contribution in [3.05, 3.63) is 54.1 Å². The Balaban J connectivity index is 2.35. The monoisotopic (exact) mass is 287 g/mol. The minimum absolute atomic E-state index is 0.100. The number of para-hydroxylation sites is 2. The zero-order valence-corrected chi connectivity index (χ0v) is 12.4. The highest BCUT2D eigenvalue weighted by molar-refractivity contribution is 7.97. The Hall–Kier alpha value is -1.94. The Bertz CT molecular complexity index is 584. The van der Waals surface area contributed by atoms with E-state index in [-0.39, 0.29) is 5.91 Å². The van der Waals surface area contributed by atoms with E-state index in [9.17, 15) is 4.79 Å². The molecular weight excluding hydrogens is 270 g/mol. The van der Waals surface area contributed by atoms with Crippen molar-refractivity contribution in [3.63, 3.8) is 0 Å². The number of benzene rings is 2. The van der Waals surface area contributed by atoms with Crippen molar-refractivity contribution in [2.45, 2.75) is 12.7 Å². The molecule has 0 spiro atoms. The summed E-state index contributed by atoms with van der Waals surface area (Å²) in [6.45, 7) is 1.50. The second-order valence-corrected chi connectivity index (χ2v) is 5.19. The summed E-state index contributed by atoms with van der Waals surface area (Å²) in [5, 5.41) is 2.87. The molecule has 0 atom stereocenters. The zero-order valence-electron chi connectivity index (χ0n) is 11.6. The predicted molar refractivity (Wildman–Crippen MR) is 84.5 cm³/mol. The Morgan fingerprint density at radius 2 is 1.90 bits per heavy atom. The molecule has 0 unspecified atom stereocenters. The van der Waals surface area contributed by atoms with Crippen molar-refractivity contribution >= 4 is 23.4 Å². The summed E-state index contributed by atoms with van der Waals surface area (Å²) in [6, 6.07) is 15.3. The fraction of sp³-hybridized carbons (Fsp3) is 0.188. The molecule has 0 aliphatic rings. The summed E-state index contributed by atoms with van der Waals surface area (Å²) in [6.07, 6.45) is 2.03. The molecule has 20 heavy (non-hydrogen) atoms. The maximum atomic E-state index is 11.4. The third-order valence-corrected chi connectivity index (χ3v) is 3.28. The predicted octanol–water partition coefficient (Wildman–Crippen LogP) is 4.30. The maximum Gasteiger partial charge on any atom is 0.221 e. The van der Waals surface area contributed by atoms with E-state index in [0.29, 0.717) is 5.75 Å². The van der Waals surface area contributed by atoms with E-state index in [1.54, 1.807) is 11.8 Å².